The first-order valence-corrected chi connectivity index (χ1v) is 11.5. The van der Waals surface area contributed by atoms with Crippen molar-refractivity contribution in [2.45, 2.75) is 26.3 Å². The van der Waals surface area contributed by atoms with Gasteiger partial charge >= 0.3 is 0 Å². The quantitative estimate of drug-likeness (QED) is 0.278. The van der Waals surface area contributed by atoms with Crippen LogP contribution >= 0.6 is 24.0 Å². The Labute approximate surface area is 214 Å². The molecule has 9 nitrogen and oxygen atoms in total. The Morgan fingerprint density at radius 2 is 1.76 bits per heavy atom. The highest BCUT2D eigenvalue weighted by Gasteiger charge is 2.24. The summed E-state index contributed by atoms with van der Waals surface area (Å²) in [6.45, 7) is 11.5. The summed E-state index contributed by atoms with van der Waals surface area (Å²) in [6, 6.07) is 6.32. The van der Waals surface area contributed by atoms with E-state index in [-0.39, 0.29) is 29.9 Å². The molecule has 2 fully saturated rings. The van der Waals surface area contributed by atoms with Gasteiger partial charge in [-0.05, 0) is 13.3 Å². The predicted molar refractivity (Wildman–Crippen MR) is 143 cm³/mol. The van der Waals surface area contributed by atoms with Gasteiger partial charge in [0.15, 0.2) is 5.96 Å². The van der Waals surface area contributed by atoms with E-state index in [0.29, 0.717) is 6.04 Å². The molecule has 10 heteroatoms. The Morgan fingerprint density at radius 3 is 2.33 bits per heavy atom. The number of nitrogens with zero attached hydrogens (tertiary/aromatic N) is 4. The van der Waals surface area contributed by atoms with E-state index in [4.69, 9.17) is 14.5 Å². The normalized spacial score (nSPS) is 19.2. The maximum absolute atomic E-state index is 11.5. The molecule has 2 aliphatic rings. The summed E-state index contributed by atoms with van der Waals surface area (Å²) in [5.74, 6) is 2.63. The van der Waals surface area contributed by atoms with Gasteiger partial charge in [0.2, 0.25) is 5.91 Å². The monoisotopic (exact) mass is 574 g/mol. The van der Waals surface area contributed by atoms with Crippen LogP contribution in [0.2, 0.25) is 0 Å². The van der Waals surface area contributed by atoms with E-state index in [1.165, 1.54) is 0 Å². The van der Waals surface area contributed by atoms with E-state index in [9.17, 15) is 4.79 Å². The van der Waals surface area contributed by atoms with Gasteiger partial charge in [-0.3, -0.25) is 14.7 Å². The number of ether oxygens (including phenoxy) is 2. The minimum atomic E-state index is 0. The van der Waals surface area contributed by atoms with Gasteiger partial charge < -0.3 is 29.9 Å². The molecule has 0 aliphatic carbocycles. The van der Waals surface area contributed by atoms with Gasteiger partial charge in [0.1, 0.15) is 11.5 Å². The summed E-state index contributed by atoms with van der Waals surface area (Å²) in [5.41, 5.74) is 1.11. The molecule has 1 aromatic carbocycles. The van der Waals surface area contributed by atoms with E-state index >= 15 is 0 Å². The number of carbonyl (C=O) groups is 1. The summed E-state index contributed by atoms with van der Waals surface area (Å²) < 4.78 is 10.8. The Hall–Kier alpha value is -1.95. The zero-order valence-electron chi connectivity index (χ0n) is 20.3. The SMILES string of the molecule is CCNC(=NCCN1CCN(C(C)=O)CC1)NC1CCN(c2cc(OC)cc(OC)c2)C1.I. The Balaban J connectivity index is 0.00000385. The highest BCUT2D eigenvalue weighted by molar-refractivity contribution is 14.0. The van der Waals surface area contributed by atoms with Crippen LogP contribution in [0.3, 0.4) is 0 Å². The number of guanidine groups is 1. The van der Waals surface area contributed by atoms with Crippen LogP contribution in [0.5, 0.6) is 11.5 Å². The summed E-state index contributed by atoms with van der Waals surface area (Å²) in [7, 11) is 3.35. The molecule has 2 heterocycles. The average Bonchev–Trinajstić information content (AvgIpc) is 3.27. The van der Waals surface area contributed by atoms with E-state index in [2.05, 4.69) is 39.5 Å². The summed E-state index contributed by atoms with van der Waals surface area (Å²) >= 11 is 0. The third-order valence-corrected chi connectivity index (χ3v) is 6.08. The first kappa shape index (κ1) is 27.3. The summed E-state index contributed by atoms with van der Waals surface area (Å²) in [6.07, 6.45) is 1.04. The van der Waals surface area contributed by atoms with Crippen LogP contribution in [0.1, 0.15) is 20.3 Å². The second-order valence-electron chi connectivity index (χ2n) is 8.26. The third-order valence-electron chi connectivity index (χ3n) is 6.08. The zero-order valence-corrected chi connectivity index (χ0v) is 22.6. The van der Waals surface area contributed by atoms with Gasteiger partial charge in [-0.15, -0.1) is 24.0 Å². The van der Waals surface area contributed by atoms with Gasteiger partial charge in [0, 0.05) is 89.2 Å². The standard InChI is InChI=1S/C23H38N6O3.HI/c1-5-24-23(25-7-9-27-10-12-28(13-11-27)18(2)30)26-19-6-8-29(17-19)20-14-21(31-3)16-22(15-20)32-4;/h14-16,19H,5-13,17H2,1-4H3,(H2,24,25,26);1H. The molecule has 2 saturated heterocycles. The van der Waals surface area contributed by atoms with Gasteiger partial charge in [-0.25, -0.2) is 0 Å². The van der Waals surface area contributed by atoms with Crippen LogP contribution in [0.15, 0.2) is 23.2 Å². The molecule has 186 valence electrons. The largest absolute Gasteiger partial charge is 0.497 e. The fraction of sp³-hybridized carbons (Fsp3) is 0.652. The molecule has 2 aliphatic heterocycles. The topological polar surface area (TPSA) is 81.7 Å². The van der Waals surface area contributed by atoms with Crippen molar-refractivity contribution in [1.29, 1.82) is 0 Å². The lowest BCUT2D eigenvalue weighted by Gasteiger charge is -2.33. The molecule has 0 radical (unpaired) electrons. The van der Waals surface area contributed by atoms with Crippen molar-refractivity contribution in [3.63, 3.8) is 0 Å². The molecular formula is C23H39IN6O3. The van der Waals surface area contributed by atoms with Gasteiger partial charge in [0.25, 0.3) is 0 Å². The van der Waals surface area contributed by atoms with E-state index < -0.39 is 0 Å². The zero-order chi connectivity index (χ0) is 22.9. The minimum Gasteiger partial charge on any atom is -0.497 e. The van der Waals surface area contributed by atoms with Crippen molar-refractivity contribution in [2.75, 3.05) is 78.0 Å². The Morgan fingerprint density at radius 1 is 1.09 bits per heavy atom. The van der Waals surface area contributed by atoms with Crippen molar-refractivity contribution in [3.05, 3.63) is 18.2 Å². The van der Waals surface area contributed by atoms with E-state index in [0.717, 1.165) is 88.5 Å². The second kappa shape index (κ2) is 13.7. The summed E-state index contributed by atoms with van der Waals surface area (Å²) in [5, 5.41) is 6.97. The molecule has 3 rings (SSSR count). The van der Waals surface area contributed by atoms with Crippen molar-refractivity contribution in [1.82, 2.24) is 20.4 Å². The molecule has 1 amide bonds. The molecule has 1 atom stereocenters. The van der Waals surface area contributed by atoms with Gasteiger partial charge in [-0.1, -0.05) is 0 Å². The second-order valence-corrected chi connectivity index (χ2v) is 8.26. The summed E-state index contributed by atoms with van der Waals surface area (Å²) in [4.78, 5) is 22.9. The number of benzene rings is 1. The first-order valence-electron chi connectivity index (χ1n) is 11.5. The number of piperazine rings is 1. The Kier molecular flexibility index (Phi) is 11.3. The average molecular weight is 575 g/mol. The van der Waals surface area contributed by atoms with Gasteiger partial charge in [0.05, 0.1) is 20.8 Å². The molecule has 0 aromatic heterocycles. The number of hydrogen-bond donors (Lipinski definition) is 2. The highest BCUT2D eigenvalue weighted by atomic mass is 127. The highest BCUT2D eigenvalue weighted by Crippen LogP contribution is 2.30. The number of aliphatic imine (C=N–C) groups is 1. The molecule has 2 N–H and O–H groups in total. The third kappa shape index (κ3) is 8.09. The fourth-order valence-corrected chi connectivity index (χ4v) is 4.19. The lowest BCUT2D eigenvalue weighted by molar-refractivity contribution is -0.130. The lowest BCUT2D eigenvalue weighted by atomic mass is 10.2. The molecule has 1 unspecified atom stereocenters. The van der Waals surface area contributed by atoms with Crippen LogP contribution in [0.4, 0.5) is 5.69 Å². The van der Waals surface area contributed by atoms with Gasteiger partial charge in [-0.2, -0.15) is 0 Å². The molecule has 0 spiro atoms. The van der Waals surface area contributed by atoms with Crippen LogP contribution < -0.4 is 25.0 Å². The molecule has 1 aromatic rings. The van der Waals surface area contributed by atoms with Crippen LogP contribution in [-0.4, -0.2) is 101 Å². The van der Waals surface area contributed by atoms with Crippen LogP contribution in [-0.2, 0) is 4.79 Å². The number of hydrogen-bond acceptors (Lipinski definition) is 6. The number of rotatable bonds is 8. The first-order chi connectivity index (χ1) is 15.5. The fourth-order valence-electron chi connectivity index (χ4n) is 4.19. The molecule has 0 bridgehead atoms. The lowest BCUT2D eigenvalue weighted by Crippen LogP contribution is -2.49. The van der Waals surface area contributed by atoms with E-state index in [1.807, 2.05) is 11.0 Å². The molecule has 33 heavy (non-hydrogen) atoms. The van der Waals surface area contributed by atoms with Crippen molar-refractivity contribution >= 4 is 41.5 Å². The van der Waals surface area contributed by atoms with Crippen LogP contribution in [0, 0.1) is 0 Å². The van der Waals surface area contributed by atoms with Crippen molar-refractivity contribution in [2.24, 2.45) is 4.99 Å². The number of halogens is 1. The number of amides is 1. The van der Waals surface area contributed by atoms with Crippen LogP contribution in [0.25, 0.3) is 0 Å². The number of nitrogens with one attached hydrogen (secondary N) is 2. The van der Waals surface area contributed by atoms with Crippen molar-refractivity contribution < 1.29 is 14.3 Å². The number of carbonyl (C=O) groups excluding carboxylic acids is 1. The van der Waals surface area contributed by atoms with Crippen molar-refractivity contribution in [3.8, 4) is 11.5 Å². The Bertz CT molecular complexity index is 763. The number of anilines is 1. The maximum Gasteiger partial charge on any atom is 0.219 e. The van der Waals surface area contributed by atoms with E-state index in [1.54, 1.807) is 21.1 Å². The smallest absolute Gasteiger partial charge is 0.219 e. The minimum absolute atomic E-state index is 0. The predicted octanol–water partition coefficient (Wildman–Crippen LogP) is 1.62. The maximum atomic E-state index is 11.5. The molecular weight excluding hydrogens is 535 g/mol. The molecule has 0 saturated carbocycles. The number of methoxy groups -OCH3 is 2.